The van der Waals surface area contributed by atoms with E-state index in [1.54, 1.807) is 6.26 Å². The highest BCUT2D eigenvalue weighted by atomic mass is 16.3. The summed E-state index contributed by atoms with van der Waals surface area (Å²) in [5, 5.41) is 18.0. The monoisotopic (exact) mass is 388 g/mol. The Bertz CT molecular complexity index is 1100. The fourth-order valence-electron chi connectivity index (χ4n) is 3.84. The van der Waals surface area contributed by atoms with Crippen molar-refractivity contribution in [3.8, 4) is 0 Å². The van der Waals surface area contributed by atoms with Gasteiger partial charge in [-0.05, 0) is 80.0 Å². The minimum atomic E-state index is -0.836. The molecule has 0 radical (unpaired) electrons. The molecule has 150 valence electrons. The predicted octanol–water partition coefficient (Wildman–Crippen LogP) is 5.54. The molecule has 29 heavy (non-hydrogen) atoms. The Morgan fingerprint density at radius 3 is 2.86 bits per heavy atom. The van der Waals surface area contributed by atoms with E-state index in [-0.39, 0.29) is 0 Å². The first kappa shape index (κ1) is 19.6. The first-order chi connectivity index (χ1) is 14.0. The first-order valence-corrected chi connectivity index (χ1v) is 10.3. The molecule has 0 saturated heterocycles. The van der Waals surface area contributed by atoms with Crippen molar-refractivity contribution in [3.05, 3.63) is 78.3 Å². The smallest absolute Gasteiger partial charge is 0.133 e. The summed E-state index contributed by atoms with van der Waals surface area (Å²) in [6.45, 7) is 4.94. The maximum Gasteiger partial charge on any atom is 0.133 e. The number of nitrogens with one attached hydrogen (secondary N) is 1. The number of furan rings is 1. The van der Waals surface area contributed by atoms with Crippen LogP contribution < -0.4 is 5.32 Å². The van der Waals surface area contributed by atoms with Crippen molar-refractivity contribution in [1.82, 2.24) is 10.3 Å². The molecule has 4 rings (SSSR count). The van der Waals surface area contributed by atoms with E-state index in [2.05, 4.69) is 35.4 Å². The standard InChI is InChI=1S/C25H28N2O2/c1-18(27-16-19-5-6-22-17-26-12-9-20(22)14-19)4-3-11-25(2,28)23-7-8-24-21(15-23)10-13-29-24/h5-10,12-15,17-18,27-28H,3-4,11,16H2,1-2H3/t18-,25?/m1/s1. The molecule has 0 fully saturated rings. The van der Waals surface area contributed by atoms with Crippen LogP contribution in [0.1, 0.15) is 44.2 Å². The average molecular weight is 389 g/mol. The molecule has 0 aliphatic heterocycles. The lowest BCUT2D eigenvalue weighted by atomic mass is 9.89. The Kier molecular flexibility index (Phi) is 5.65. The van der Waals surface area contributed by atoms with Crippen LogP contribution in [0.4, 0.5) is 0 Å². The number of benzene rings is 2. The second kappa shape index (κ2) is 8.36. The lowest BCUT2D eigenvalue weighted by Crippen LogP contribution is -2.27. The van der Waals surface area contributed by atoms with Crippen LogP contribution in [0.25, 0.3) is 21.7 Å². The number of nitrogens with zero attached hydrogens (tertiary/aromatic N) is 1. The number of hydrogen-bond acceptors (Lipinski definition) is 4. The summed E-state index contributed by atoms with van der Waals surface area (Å²) in [4.78, 5) is 4.16. The molecule has 0 aliphatic carbocycles. The van der Waals surface area contributed by atoms with Gasteiger partial charge in [-0.2, -0.15) is 0 Å². The molecule has 0 amide bonds. The summed E-state index contributed by atoms with van der Waals surface area (Å²) >= 11 is 0. The number of aliphatic hydroxyl groups is 1. The molecule has 1 unspecified atom stereocenters. The molecule has 4 nitrogen and oxygen atoms in total. The molecule has 2 aromatic carbocycles. The van der Waals surface area contributed by atoms with Gasteiger partial charge in [-0.25, -0.2) is 0 Å². The quantitative estimate of drug-likeness (QED) is 0.416. The van der Waals surface area contributed by atoms with Crippen LogP contribution in [-0.2, 0) is 12.1 Å². The molecule has 0 saturated carbocycles. The van der Waals surface area contributed by atoms with E-state index in [0.717, 1.165) is 42.3 Å². The van der Waals surface area contributed by atoms with Crippen LogP contribution in [0.15, 0.2) is 71.6 Å². The van der Waals surface area contributed by atoms with Crippen molar-refractivity contribution in [1.29, 1.82) is 0 Å². The molecular weight excluding hydrogens is 360 g/mol. The zero-order valence-corrected chi connectivity index (χ0v) is 17.1. The third kappa shape index (κ3) is 4.66. The first-order valence-electron chi connectivity index (χ1n) is 10.3. The number of rotatable bonds is 8. The van der Waals surface area contributed by atoms with Crippen molar-refractivity contribution < 1.29 is 9.52 Å². The molecule has 0 spiro atoms. The van der Waals surface area contributed by atoms with E-state index in [1.165, 1.54) is 16.3 Å². The van der Waals surface area contributed by atoms with Gasteiger partial charge in [0.05, 0.1) is 11.9 Å². The van der Waals surface area contributed by atoms with Gasteiger partial charge in [0.1, 0.15) is 5.58 Å². The molecule has 2 N–H and O–H groups in total. The zero-order chi connectivity index (χ0) is 20.3. The van der Waals surface area contributed by atoms with Gasteiger partial charge in [0, 0.05) is 35.8 Å². The van der Waals surface area contributed by atoms with Crippen molar-refractivity contribution in [2.45, 2.75) is 51.3 Å². The number of aromatic nitrogens is 1. The van der Waals surface area contributed by atoms with Crippen LogP contribution in [0, 0.1) is 0 Å². The van der Waals surface area contributed by atoms with Gasteiger partial charge in [0.2, 0.25) is 0 Å². The average Bonchev–Trinajstić information content (AvgIpc) is 3.20. The number of pyridine rings is 1. The summed E-state index contributed by atoms with van der Waals surface area (Å²) in [6.07, 6.45) is 8.10. The highest BCUT2D eigenvalue weighted by molar-refractivity contribution is 5.82. The van der Waals surface area contributed by atoms with Crippen molar-refractivity contribution in [2.24, 2.45) is 0 Å². The molecule has 2 atom stereocenters. The summed E-state index contributed by atoms with van der Waals surface area (Å²) in [5.74, 6) is 0. The zero-order valence-electron chi connectivity index (χ0n) is 17.1. The van der Waals surface area contributed by atoms with Gasteiger partial charge < -0.3 is 14.8 Å². The fraction of sp³-hybridized carbons (Fsp3) is 0.320. The maximum atomic E-state index is 10.9. The van der Waals surface area contributed by atoms with Crippen molar-refractivity contribution in [2.75, 3.05) is 0 Å². The van der Waals surface area contributed by atoms with Gasteiger partial charge in [-0.15, -0.1) is 0 Å². The lowest BCUT2D eigenvalue weighted by Gasteiger charge is -2.25. The summed E-state index contributed by atoms with van der Waals surface area (Å²) in [5.41, 5.74) is 2.23. The molecule has 2 heterocycles. The van der Waals surface area contributed by atoms with Gasteiger partial charge in [-0.3, -0.25) is 4.98 Å². The van der Waals surface area contributed by atoms with E-state index < -0.39 is 5.60 Å². The topological polar surface area (TPSA) is 58.3 Å². The molecule has 2 aromatic heterocycles. The Hall–Kier alpha value is -2.69. The third-order valence-corrected chi connectivity index (χ3v) is 5.73. The minimum Gasteiger partial charge on any atom is -0.464 e. The van der Waals surface area contributed by atoms with E-state index in [9.17, 15) is 5.11 Å². The fourth-order valence-corrected chi connectivity index (χ4v) is 3.84. The van der Waals surface area contributed by atoms with Crippen LogP contribution in [0.5, 0.6) is 0 Å². The molecule has 0 aliphatic rings. The van der Waals surface area contributed by atoms with E-state index in [0.29, 0.717) is 6.04 Å². The predicted molar refractivity (Wildman–Crippen MR) is 118 cm³/mol. The third-order valence-electron chi connectivity index (χ3n) is 5.73. The summed E-state index contributed by atoms with van der Waals surface area (Å²) in [7, 11) is 0. The Balaban J connectivity index is 1.27. The van der Waals surface area contributed by atoms with Crippen molar-refractivity contribution >= 4 is 21.7 Å². The van der Waals surface area contributed by atoms with E-state index in [1.807, 2.05) is 49.6 Å². The molecule has 4 heteroatoms. The van der Waals surface area contributed by atoms with Gasteiger partial charge in [-0.1, -0.05) is 18.2 Å². The van der Waals surface area contributed by atoms with Crippen LogP contribution in [0.2, 0.25) is 0 Å². The highest BCUT2D eigenvalue weighted by Crippen LogP contribution is 2.30. The van der Waals surface area contributed by atoms with E-state index in [4.69, 9.17) is 4.42 Å². The second-order valence-corrected chi connectivity index (χ2v) is 8.18. The summed E-state index contributed by atoms with van der Waals surface area (Å²) < 4.78 is 5.39. The molecular formula is C25H28N2O2. The van der Waals surface area contributed by atoms with Gasteiger partial charge in [0.25, 0.3) is 0 Å². The van der Waals surface area contributed by atoms with Gasteiger partial charge >= 0.3 is 0 Å². The van der Waals surface area contributed by atoms with Crippen LogP contribution in [-0.4, -0.2) is 16.1 Å². The lowest BCUT2D eigenvalue weighted by molar-refractivity contribution is 0.0445. The van der Waals surface area contributed by atoms with Crippen LogP contribution in [0.3, 0.4) is 0 Å². The Labute approximate surface area is 171 Å². The number of fused-ring (bicyclic) bond motifs is 2. The highest BCUT2D eigenvalue weighted by Gasteiger charge is 2.23. The van der Waals surface area contributed by atoms with Crippen LogP contribution >= 0.6 is 0 Å². The molecule has 4 aromatic rings. The minimum absolute atomic E-state index is 0.385. The Morgan fingerprint density at radius 2 is 1.97 bits per heavy atom. The summed E-state index contributed by atoms with van der Waals surface area (Å²) in [6, 6.07) is 16.8. The maximum absolute atomic E-state index is 10.9. The normalized spacial score (nSPS) is 14.9. The largest absolute Gasteiger partial charge is 0.464 e. The van der Waals surface area contributed by atoms with Gasteiger partial charge in [0.15, 0.2) is 0 Å². The molecule has 0 bridgehead atoms. The van der Waals surface area contributed by atoms with Crippen molar-refractivity contribution in [3.63, 3.8) is 0 Å². The van der Waals surface area contributed by atoms with E-state index >= 15 is 0 Å². The second-order valence-electron chi connectivity index (χ2n) is 8.18. The SMILES string of the molecule is C[C@H](CCCC(C)(O)c1ccc2occc2c1)NCc1ccc2cnccc2c1. The Morgan fingerprint density at radius 1 is 1.07 bits per heavy atom. The number of hydrogen-bond donors (Lipinski definition) is 2.